The Morgan fingerprint density at radius 3 is 2.54 bits per heavy atom. The quantitative estimate of drug-likeness (QED) is 0.635. The van der Waals surface area contributed by atoms with Crippen LogP contribution in [0.1, 0.15) is 23.3 Å². The number of hydrogen-bond donors (Lipinski definition) is 2. The van der Waals surface area contributed by atoms with Crippen LogP contribution in [-0.4, -0.2) is 23.5 Å². The van der Waals surface area contributed by atoms with Crippen molar-refractivity contribution in [3.8, 4) is 21.8 Å². The number of aromatic nitrogens is 1. The van der Waals surface area contributed by atoms with Crippen molar-refractivity contribution in [2.45, 2.75) is 32.2 Å². The van der Waals surface area contributed by atoms with Crippen LogP contribution in [0.3, 0.4) is 0 Å². The van der Waals surface area contributed by atoms with E-state index in [1.54, 1.807) is 11.3 Å². The lowest BCUT2D eigenvalue weighted by molar-refractivity contribution is -0.120. The minimum absolute atomic E-state index is 0.00715. The molecule has 28 heavy (non-hydrogen) atoms. The van der Waals surface area contributed by atoms with Gasteiger partial charge in [0.05, 0.1) is 12.1 Å². The van der Waals surface area contributed by atoms with E-state index in [0.29, 0.717) is 18.9 Å². The van der Waals surface area contributed by atoms with Gasteiger partial charge in [0.1, 0.15) is 5.01 Å². The van der Waals surface area contributed by atoms with Gasteiger partial charge in [-0.15, -0.1) is 11.3 Å². The van der Waals surface area contributed by atoms with Crippen LogP contribution >= 0.6 is 11.3 Å². The first-order valence-electron chi connectivity index (χ1n) is 9.74. The van der Waals surface area contributed by atoms with Crippen LogP contribution in [0, 0.1) is 12.8 Å². The van der Waals surface area contributed by atoms with Gasteiger partial charge in [-0.05, 0) is 25.7 Å². The van der Waals surface area contributed by atoms with Crippen LogP contribution in [0.25, 0.3) is 21.8 Å². The number of hydrogen-bond acceptors (Lipinski definition) is 4. The zero-order valence-electron chi connectivity index (χ0n) is 16.0. The van der Waals surface area contributed by atoms with Crippen molar-refractivity contribution in [2.75, 3.05) is 6.54 Å². The number of rotatable bonds is 7. The number of carbonyl (C=O) groups excluding carboxylic acids is 1. The lowest BCUT2D eigenvalue weighted by Gasteiger charge is -2.11. The van der Waals surface area contributed by atoms with Crippen LogP contribution < -0.4 is 11.1 Å². The molecule has 1 aliphatic carbocycles. The molecule has 4 rings (SSSR count). The van der Waals surface area contributed by atoms with Gasteiger partial charge in [-0.2, -0.15) is 0 Å². The molecule has 1 saturated carbocycles. The van der Waals surface area contributed by atoms with E-state index in [1.807, 2.05) is 18.2 Å². The molecule has 3 N–H and O–H groups in total. The summed E-state index contributed by atoms with van der Waals surface area (Å²) in [5, 5.41) is 3.94. The van der Waals surface area contributed by atoms with E-state index in [2.05, 4.69) is 48.6 Å². The highest BCUT2D eigenvalue weighted by atomic mass is 32.1. The monoisotopic (exact) mass is 391 g/mol. The maximum atomic E-state index is 12.6. The van der Waals surface area contributed by atoms with Crippen LogP contribution in [0.4, 0.5) is 0 Å². The number of thiazole rings is 1. The van der Waals surface area contributed by atoms with E-state index in [-0.39, 0.29) is 11.9 Å². The fourth-order valence-electron chi connectivity index (χ4n) is 3.24. The fraction of sp³-hybridized carbons (Fsp3) is 0.304. The first kappa shape index (κ1) is 18.8. The third-order valence-corrected chi connectivity index (χ3v) is 6.23. The normalized spacial score (nSPS) is 14.6. The number of nitrogens with zero attached hydrogens (tertiary/aromatic N) is 1. The van der Waals surface area contributed by atoms with Crippen LogP contribution in [0.5, 0.6) is 0 Å². The van der Waals surface area contributed by atoms with E-state index in [4.69, 9.17) is 10.7 Å². The summed E-state index contributed by atoms with van der Waals surface area (Å²) >= 11 is 1.59. The summed E-state index contributed by atoms with van der Waals surface area (Å²) in [6, 6.07) is 18.5. The smallest absolute Gasteiger partial charge is 0.225 e. The average Bonchev–Trinajstić information content (AvgIpc) is 3.49. The van der Waals surface area contributed by atoms with Gasteiger partial charge in [-0.3, -0.25) is 4.79 Å². The molecular formula is C23H25N3OS. The molecule has 1 aliphatic rings. The molecule has 0 bridgehead atoms. The summed E-state index contributed by atoms with van der Waals surface area (Å²) in [7, 11) is 0. The zero-order valence-corrected chi connectivity index (χ0v) is 16.8. The molecule has 1 heterocycles. The van der Waals surface area contributed by atoms with Crippen LogP contribution in [0.15, 0.2) is 54.6 Å². The van der Waals surface area contributed by atoms with Crippen molar-refractivity contribution < 1.29 is 4.79 Å². The first-order valence-corrected chi connectivity index (χ1v) is 10.6. The summed E-state index contributed by atoms with van der Waals surface area (Å²) in [5.41, 5.74) is 10.3. The van der Waals surface area contributed by atoms with Crippen molar-refractivity contribution in [2.24, 2.45) is 11.7 Å². The molecule has 4 nitrogen and oxygen atoms in total. The molecular weight excluding hydrogens is 366 g/mol. The van der Waals surface area contributed by atoms with Crippen LogP contribution in [-0.2, 0) is 11.2 Å². The average molecular weight is 392 g/mol. The maximum absolute atomic E-state index is 12.6. The van der Waals surface area contributed by atoms with Crippen LogP contribution in [0.2, 0.25) is 0 Å². The molecule has 0 radical (unpaired) electrons. The predicted molar refractivity (Wildman–Crippen MR) is 115 cm³/mol. The number of amides is 1. The Bertz CT molecular complexity index is 946. The summed E-state index contributed by atoms with van der Waals surface area (Å²) in [6.45, 7) is 2.62. The Morgan fingerprint density at radius 2 is 1.86 bits per heavy atom. The third kappa shape index (κ3) is 4.49. The Kier molecular flexibility index (Phi) is 5.55. The molecule has 1 atom stereocenters. The van der Waals surface area contributed by atoms with E-state index in [0.717, 1.165) is 26.7 Å². The lowest BCUT2D eigenvalue weighted by atomic mass is 10.1. The molecule has 0 aliphatic heterocycles. The molecule has 0 spiro atoms. The van der Waals surface area contributed by atoms with E-state index < -0.39 is 0 Å². The molecule has 1 aromatic heterocycles. The molecule has 144 valence electrons. The summed E-state index contributed by atoms with van der Waals surface area (Å²) in [5.74, 6) is 0.587. The Balaban J connectivity index is 1.57. The minimum Gasteiger partial charge on any atom is -0.354 e. The van der Waals surface area contributed by atoms with Crippen molar-refractivity contribution in [1.29, 1.82) is 0 Å². The predicted octanol–water partition coefficient (Wildman–Crippen LogP) is 4.18. The van der Waals surface area contributed by atoms with Gasteiger partial charge in [-0.1, -0.05) is 60.2 Å². The molecule has 1 amide bonds. The second-order valence-electron chi connectivity index (χ2n) is 7.50. The Morgan fingerprint density at radius 1 is 1.14 bits per heavy atom. The molecule has 5 heteroatoms. The highest BCUT2D eigenvalue weighted by molar-refractivity contribution is 7.15. The van der Waals surface area contributed by atoms with Gasteiger partial charge in [0.15, 0.2) is 0 Å². The molecule has 2 aromatic carbocycles. The van der Waals surface area contributed by atoms with E-state index in [9.17, 15) is 4.79 Å². The van der Waals surface area contributed by atoms with Gasteiger partial charge in [-0.25, -0.2) is 4.98 Å². The second kappa shape index (κ2) is 8.25. The number of nitrogens with one attached hydrogen (secondary N) is 1. The largest absolute Gasteiger partial charge is 0.354 e. The first-order chi connectivity index (χ1) is 13.6. The highest BCUT2D eigenvalue weighted by Gasteiger charge is 2.28. The number of benzene rings is 2. The lowest BCUT2D eigenvalue weighted by Crippen LogP contribution is -2.39. The Hall–Kier alpha value is -2.50. The van der Waals surface area contributed by atoms with Gasteiger partial charge in [0.2, 0.25) is 5.91 Å². The number of nitrogens with two attached hydrogens (primary N) is 1. The van der Waals surface area contributed by atoms with Gasteiger partial charge < -0.3 is 11.1 Å². The van der Waals surface area contributed by atoms with E-state index >= 15 is 0 Å². The standard InChI is InChI=1S/C23H25N3OS/c1-15-7-9-17(10-8-15)22-20(13-21(27)25-14-19(24)16-11-12-16)28-23(26-22)18-5-3-2-4-6-18/h2-10,16,19H,11-14,24H2,1H3,(H,25,27). The topological polar surface area (TPSA) is 68.0 Å². The van der Waals surface area contributed by atoms with Gasteiger partial charge >= 0.3 is 0 Å². The summed E-state index contributed by atoms with van der Waals surface area (Å²) in [4.78, 5) is 18.4. The molecule has 0 saturated heterocycles. The second-order valence-corrected chi connectivity index (χ2v) is 8.59. The van der Waals surface area contributed by atoms with Crippen molar-refractivity contribution >= 4 is 17.2 Å². The zero-order chi connectivity index (χ0) is 19.5. The van der Waals surface area contributed by atoms with Gasteiger partial charge in [0.25, 0.3) is 0 Å². The SMILES string of the molecule is Cc1ccc(-c2nc(-c3ccccc3)sc2CC(=O)NCC(N)C2CC2)cc1. The summed E-state index contributed by atoms with van der Waals surface area (Å²) < 4.78 is 0. The van der Waals surface area contributed by atoms with Crippen molar-refractivity contribution in [1.82, 2.24) is 10.3 Å². The fourth-order valence-corrected chi connectivity index (χ4v) is 4.33. The van der Waals surface area contributed by atoms with Crippen molar-refractivity contribution in [3.63, 3.8) is 0 Å². The van der Waals surface area contributed by atoms with E-state index in [1.165, 1.54) is 18.4 Å². The third-order valence-electron chi connectivity index (χ3n) is 5.13. The highest BCUT2D eigenvalue weighted by Crippen LogP contribution is 2.34. The summed E-state index contributed by atoms with van der Waals surface area (Å²) in [6.07, 6.45) is 2.69. The maximum Gasteiger partial charge on any atom is 0.225 e. The molecule has 3 aromatic rings. The minimum atomic E-state index is 0.00715. The molecule has 1 unspecified atom stereocenters. The number of carbonyl (C=O) groups is 1. The molecule has 1 fully saturated rings. The Labute approximate surface area is 169 Å². The van der Waals surface area contributed by atoms with Gasteiger partial charge in [0, 0.05) is 28.6 Å². The number of aryl methyl sites for hydroxylation is 1. The van der Waals surface area contributed by atoms with Crippen molar-refractivity contribution in [3.05, 3.63) is 65.0 Å².